The molecule has 21 heavy (non-hydrogen) atoms. The Kier molecular flexibility index (Phi) is 8.47. The Balaban J connectivity index is 2.44. The molecule has 0 bridgehead atoms. The van der Waals surface area contributed by atoms with Crippen molar-refractivity contribution in [3.05, 3.63) is 29.8 Å². The lowest BCUT2D eigenvalue weighted by Crippen LogP contribution is -2.32. The van der Waals surface area contributed by atoms with E-state index in [0.717, 1.165) is 25.3 Å². The fourth-order valence-corrected chi connectivity index (χ4v) is 1.99. The molecule has 0 heterocycles. The summed E-state index contributed by atoms with van der Waals surface area (Å²) >= 11 is 0. The lowest BCUT2D eigenvalue weighted by atomic mass is 10.1. The molecule has 0 aliphatic heterocycles. The van der Waals surface area contributed by atoms with Crippen LogP contribution < -0.4 is 4.74 Å². The number of carbonyl (C=O) groups excluding carboxylic acids is 1. The van der Waals surface area contributed by atoms with E-state index in [1.54, 1.807) is 14.2 Å². The van der Waals surface area contributed by atoms with Gasteiger partial charge in [0, 0.05) is 26.7 Å². The van der Waals surface area contributed by atoms with Gasteiger partial charge < -0.3 is 19.1 Å². The highest BCUT2D eigenvalue weighted by molar-refractivity contribution is 5.69. The van der Waals surface area contributed by atoms with E-state index in [0.29, 0.717) is 19.6 Å². The summed E-state index contributed by atoms with van der Waals surface area (Å²) in [4.78, 5) is 13.5. The molecule has 5 nitrogen and oxygen atoms in total. The summed E-state index contributed by atoms with van der Waals surface area (Å²) in [6.45, 7) is 3.03. The minimum Gasteiger partial charge on any atom is -0.497 e. The summed E-state index contributed by atoms with van der Waals surface area (Å²) in [5, 5.41) is 0. The number of rotatable bonds is 10. The Bertz CT molecular complexity index is 405. The van der Waals surface area contributed by atoms with Gasteiger partial charge in [0.15, 0.2) is 0 Å². The highest BCUT2D eigenvalue weighted by atomic mass is 16.5. The Labute approximate surface area is 126 Å². The van der Waals surface area contributed by atoms with Crippen LogP contribution in [0.5, 0.6) is 5.75 Å². The van der Waals surface area contributed by atoms with Crippen LogP contribution in [0.4, 0.5) is 0 Å². The molecule has 0 atom stereocenters. The van der Waals surface area contributed by atoms with Crippen molar-refractivity contribution in [3.63, 3.8) is 0 Å². The monoisotopic (exact) mass is 295 g/mol. The fraction of sp³-hybridized carbons (Fsp3) is 0.562. The third-order valence-corrected chi connectivity index (χ3v) is 3.35. The topological polar surface area (TPSA) is 48.0 Å². The molecule has 0 radical (unpaired) electrons. The third-order valence-electron chi connectivity index (χ3n) is 3.35. The molecule has 0 unspecified atom stereocenters. The SMILES string of the molecule is COCCN(CCC(=O)OC)CCc1ccc(OC)cc1. The van der Waals surface area contributed by atoms with Crippen LogP contribution in [-0.2, 0) is 20.7 Å². The molecule has 1 aromatic carbocycles. The molecule has 0 N–H and O–H groups in total. The highest BCUT2D eigenvalue weighted by Crippen LogP contribution is 2.12. The van der Waals surface area contributed by atoms with E-state index in [4.69, 9.17) is 9.47 Å². The Morgan fingerprint density at radius 3 is 2.33 bits per heavy atom. The second kappa shape index (κ2) is 10.2. The summed E-state index contributed by atoms with van der Waals surface area (Å²) in [5.41, 5.74) is 1.25. The summed E-state index contributed by atoms with van der Waals surface area (Å²) in [5.74, 6) is 0.683. The Hall–Kier alpha value is -1.59. The molecule has 1 aromatic rings. The van der Waals surface area contributed by atoms with Crippen LogP contribution in [0.3, 0.4) is 0 Å². The van der Waals surface area contributed by atoms with Gasteiger partial charge in [-0.3, -0.25) is 4.79 Å². The van der Waals surface area contributed by atoms with Crippen LogP contribution in [0.15, 0.2) is 24.3 Å². The van der Waals surface area contributed by atoms with Crippen molar-refractivity contribution in [1.29, 1.82) is 0 Å². The van der Waals surface area contributed by atoms with Crippen molar-refractivity contribution in [2.45, 2.75) is 12.8 Å². The Morgan fingerprint density at radius 1 is 1.05 bits per heavy atom. The van der Waals surface area contributed by atoms with Crippen LogP contribution in [0.25, 0.3) is 0 Å². The van der Waals surface area contributed by atoms with Gasteiger partial charge in [0.25, 0.3) is 0 Å². The van der Waals surface area contributed by atoms with E-state index in [1.165, 1.54) is 12.7 Å². The van der Waals surface area contributed by atoms with Crippen LogP contribution in [0.1, 0.15) is 12.0 Å². The van der Waals surface area contributed by atoms with Crippen LogP contribution in [0, 0.1) is 0 Å². The molecule has 5 heteroatoms. The zero-order chi connectivity index (χ0) is 15.5. The average Bonchev–Trinajstić information content (AvgIpc) is 2.54. The van der Waals surface area contributed by atoms with Crippen molar-refractivity contribution < 1.29 is 19.0 Å². The van der Waals surface area contributed by atoms with Crippen LogP contribution in [0.2, 0.25) is 0 Å². The van der Waals surface area contributed by atoms with Crippen LogP contribution >= 0.6 is 0 Å². The molecule has 0 amide bonds. The first-order valence-electron chi connectivity index (χ1n) is 7.10. The van der Waals surface area contributed by atoms with Crippen molar-refractivity contribution >= 4 is 5.97 Å². The molecule has 0 aliphatic rings. The lowest BCUT2D eigenvalue weighted by Gasteiger charge is -2.21. The van der Waals surface area contributed by atoms with Gasteiger partial charge in [0.1, 0.15) is 5.75 Å². The molecule has 1 rings (SSSR count). The molecule has 118 valence electrons. The van der Waals surface area contributed by atoms with Gasteiger partial charge in [-0.1, -0.05) is 12.1 Å². The summed E-state index contributed by atoms with van der Waals surface area (Å²) < 4.78 is 14.9. The van der Waals surface area contributed by atoms with Gasteiger partial charge in [-0.15, -0.1) is 0 Å². The lowest BCUT2D eigenvalue weighted by molar-refractivity contribution is -0.141. The summed E-state index contributed by atoms with van der Waals surface area (Å²) in [7, 11) is 4.76. The van der Waals surface area contributed by atoms with Crippen molar-refractivity contribution in [2.75, 3.05) is 47.6 Å². The first kappa shape index (κ1) is 17.5. The second-order valence-electron chi connectivity index (χ2n) is 4.76. The predicted octanol–water partition coefficient (Wildman–Crippen LogP) is 1.75. The number of nitrogens with zero attached hydrogens (tertiary/aromatic N) is 1. The van der Waals surface area contributed by atoms with Gasteiger partial charge in [-0.2, -0.15) is 0 Å². The largest absolute Gasteiger partial charge is 0.497 e. The van der Waals surface area contributed by atoms with Crippen molar-refractivity contribution in [1.82, 2.24) is 4.90 Å². The standard InChI is InChI=1S/C16H25NO4/c1-19-13-12-17(11-9-16(18)21-3)10-8-14-4-6-15(20-2)7-5-14/h4-7H,8-13H2,1-3H3. The van der Waals surface area contributed by atoms with Crippen molar-refractivity contribution in [3.8, 4) is 5.75 Å². The van der Waals surface area contributed by atoms with E-state index in [1.807, 2.05) is 12.1 Å². The zero-order valence-electron chi connectivity index (χ0n) is 13.1. The number of benzene rings is 1. The van der Waals surface area contributed by atoms with Gasteiger partial charge in [-0.05, 0) is 24.1 Å². The fourth-order valence-electron chi connectivity index (χ4n) is 1.99. The predicted molar refractivity (Wildman–Crippen MR) is 81.6 cm³/mol. The maximum atomic E-state index is 11.2. The smallest absolute Gasteiger partial charge is 0.306 e. The number of hydrogen-bond donors (Lipinski definition) is 0. The second-order valence-corrected chi connectivity index (χ2v) is 4.76. The molecule has 0 saturated heterocycles. The number of esters is 1. The molecular weight excluding hydrogens is 270 g/mol. The van der Waals surface area contributed by atoms with Gasteiger partial charge >= 0.3 is 5.97 Å². The summed E-state index contributed by atoms with van der Waals surface area (Å²) in [6, 6.07) is 8.05. The van der Waals surface area contributed by atoms with E-state index < -0.39 is 0 Å². The number of methoxy groups -OCH3 is 3. The number of ether oxygens (including phenoxy) is 3. The first-order chi connectivity index (χ1) is 10.2. The highest BCUT2D eigenvalue weighted by Gasteiger charge is 2.08. The average molecular weight is 295 g/mol. The first-order valence-corrected chi connectivity index (χ1v) is 7.10. The normalized spacial score (nSPS) is 10.7. The summed E-state index contributed by atoms with van der Waals surface area (Å²) in [6.07, 6.45) is 1.33. The number of hydrogen-bond acceptors (Lipinski definition) is 5. The number of carbonyl (C=O) groups is 1. The molecule has 0 aliphatic carbocycles. The minimum absolute atomic E-state index is 0.179. The van der Waals surface area contributed by atoms with Gasteiger partial charge in [-0.25, -0.2) is 0 Å². The molecule has 0 aromatic heterocycles. The van der Waals surface area contributed by atoms with Crippen molar-refractivity contribution in [2.24, 2.45) is 0 Å². The minimum atomic E-state index is -0.179. The molecular formula is C16H25NO4. The third kappa shape index (κ3) is 7.11. The molecule has 0 spiro atoms. The van der Waals surface area contributed by atoms with E-state index in [9.17, 15) is 4.79 Å². The Morgan fingerprint density at radius 2 is 1.76 bits per heavy atom. The van der Waals surface area contributed by atoms with Gasteiger partial charge in [0.2, 0.25) is 0 Å². The van der Waals surface area contributed by atoms with E-state index >= 15 is 0 Å². The van der Waals surface area contributed by atoms with E-state index in [2.05, 4.69) is 21.8 Å². The maximum absolute atomic E-state index is 11.2. The molecule has 0 fully saturated rings. The van der Waals surface area contributed by atoms with Gasteiger partial charge in [0.05, 0.1) is 27.2 Å². The molecule has 0 saturated carbocycles. The van der Waals surface area contributed by atoms with E-state index in [-0.39, 0.29) is 5.97 Å². The van der Waals surface area contributed by atoms with Crippen LogP contribution in [-0.4, -0.2) is 58.4 Å². The quantitative estimate of drug-likeness (QED) is 0.615. The maximum Gasteiger partial charge on any atom is 0.306 e. The zero-order valence-corrected chi connectivity index (χ0v) is 13.1.